The lowest BCUT2D eigenvalue weighted by atomic mass is 9.78. The molecule has 98 valence electrons. The molecule has 1 aliphatic heterocycles. The maximum absolute atomic E-state index is 13.3. The molecule has 6 heteroatoms. The van der Waals surface area contributed by atoms with Gasteiger partial charge < -0.3 is 9.31 Å². The number of pyridine rings is 1. The third kappa shape index (κ3) is 2.21. The van der Waals surface area contributed by atoms with E-state index >= 15 is 0 Å². The first-order valence-electron chi connectivity index (χ1n) is 5.82. The van der Waals surface area contributed by atoms with E-state index in [0.29, 0.717) is 10.2 Å². The number of nitrogens with zero attached hydrogens (tertiary/aromatic N) is 1. The minimum absolute atomic E-state index is 0.317. The number of halogens is 2. The van der Waals surface area contributed by atoms with Crippen LogP contribution in [0, 0.1) is 12.9 Å². The first-order valence-corrected chi connectivity index (χ1v) is 6.61. The predicted molar refractivity (Wildman–Crippen MR) is 72.3 cm³/mol. The van der Waals surface area contributed by atoms with Gasteiger partial charge in [0.1, 0.15) is 0 Å². The molecule has 1 saturated heterocycles. The van der Waals surface area contributed by atoms with Crippen LogP contribution < -0.4 is 5.46 Å². The van der Waals surface area contributed by atoms with Crippen LogP contribution in [0.25, 0.3) is 0 Å². The van der Waals surface area contributed by atoms with Crippen molar-refractivity contribution in [2.24, 2.45) is 0 Å². The summed E-state index contributed by atoms with van der Waals surface area (Å²) in [6.07, 6.45) is 0. The Morgan fingerprint density at radius 2 is 1.72 bits per heavy atom. The molecule has 1 aliphatic rings. The molecule has 0 aliphatic carbocycles. The zero-order valence-electron chi connectivity index (χ0n) is 11.2. The fourth-order valence-electron chi connectivity index (χ4n) is 1.77. The summed E-state index contributed by atoms with van der Waals surface area (Å²) in [5.74, 6) is -0.521. The highest BCUT2D eigenvalue weighted by Gasteiger charge is 2.52. The summed E-state index contributed by atoms with van der Waals surface area (Å²) in [4.78, 5) is 3.84. The fraction of sp³-hybridized carbons (Fsp3) is 0.583. The normalized spacial score (nSPS) is 21.4. The predicted octanol–water partition coefficient (Wildman–Crippen LogP) is 2.59. The van der Waals surface area contributed by atoms with Crippen molar-refractivity contribution in [3.63, 3.8) is 0 Å². The van der Waals surface area contributed by atoms with Gasteiger partial charge >= 0.3 is 7.12 Å². The zero-order valence-corrected chi connectivity index (χ0v) is 12.8. The molecule has 1 fully saturated rings. The Morgan fingerprint density at radius 1 is 1.22 bits per heavy atom. The standard InChI is InChI=1S/C12H16BBrFNO2/c1-7-8(6-9(14)10(15)16-7)13-17-11(2,3)12(4,5)18-13/h6H,1-5H3. The van der Waals surface area contributed by atoms with Crippen molar-refractivity contribution in [1.82, 2.24) is 4.98 Å². The van der Waals surface area contributed by atoms with E-state index < -0.39 is 24.3 Å². The summed E-state index contributed by atoms with van der Waals surface area (Å²) in [7, 11) is -0.514. The average Bonchev–Trinajstić information content (AvgIpc) is 2.42. The molecule has 0 atom stereocenters. The van der Waals surface area contributed by atoms with Crippen molar-refractivity contribution in [3.05, 3.63) is 22.2 Å². The number of aryl methyl sites for hydroxylation is 1. The third-order valence-corrected chi connectivity index (χ3v) is 4.23. The Kier molecular flexibility index (Phi) is 3.32. The molecule has 1 aromatic rings. The number of rotatable bonds is 1. The van der Waals surface area contributed by atoms with Crippen LogP contribution in [0.3, 0.4) is 0 Å². The van der Waals surface area contributed by atoms with Crippen LogP contribution in [0.1, 0.15) is 33.4 Å². The molecule has 0 radical (unpaired) electrons. The monoisotopic (exact) mass is 315 g/mol. The molecule has 0 N–H and O–H groups in total. The Hall–Kier alpha value is -0.455. The Balaban J connectivity index is 2.38. The van der Waals surface area contributed by atoms with Crippen LogP contribution in [-0.2, 0) is 9.31 Å². The quantitative estimate of drug-likeness (QED) is 0.589. The van der Waals surface area contributed by atoms with E-state index in [1.54, 1.807) is 13.0 Å². The van der Waals surface area contributed by atoms with Gasteiger partial charge in [-0.1, -0.05) is 0 Å². The van der Waals surface area contributed by atoms with Crippen molar-refractivity contribution in [2.45, 2.75) is 45.8 Å². The number of hydrogen-bond acceptors (Lipinski definition) is 3. The molecule has 1 aromatic heterocycles. The lowest BCUT2D eigenvalue weighted by Crippen LogP contribution is -2.41. The maximum atomic E-state index is 13.3. The molecule has 0 saturated carbocycles. The van der Waals surface area contributed by atoms with Crippen LogP contribution in [-0.4, -0.2) is 23.3 Å². The van der Waals surface area contributed by atoms with E-state index in [2.05, 4.69) is 20.9 Å². The van der Waals surface area contributed by atoms with Crippen LogP contribution in [0.2, 0.25) is 0 Å². The Morgan fingerprint density at radius 3 is 2.22 bits per heavy atom. The topological polar surface area (TPSA) is 31.4 Å². The summed E-state index contributed by atoms with van der Waals surface area (Å²) in [5.41, 5.74) is 0.506. The van der Waals surface area contributed by atoms with Gasteiger partial charge in [-0.05, 0) is 56.6 Å². The lowest BCUT2D eigenvalue weighted by molar-refractivity contribution is 0.00578. The van der Waals surface area contributed by atoms with Gasteiger partial charge in [0.25, 0.3) is 0 Å². The fourth-order valence-corrected chi connectivity index (χ4v) is 2.11. The number of aromatic nitrogens is 1. The summed E-state index contributed by atoms with van der Waals surface area (Å²) < 4.78 is 25.5. The molecule has 0 aromatic carbocycles. The minimum atomic E-state index is -0.521. The van der Waals surface area contributed by atoms with Crippen LogP contribution in [0.4, 0.5) is 4.39 Å². The van der Waals surface area contributed by atoms with E-state index in [4.69, 9.17) is 9.31 Å². The van der Waals surface area contributed by atoms with E-state index in [0.717, 1.165) is 5.46 Å². The Labute approximate surface area is 115 Å². The van der Waals surface area contributed by atoms with Crippen molar-refractivity contribution in [2.75, 3.05) is 0 Å². The molecule has 2 heterocycles. The van der Waals surface area contributed by atoms with E-state index in [1.165, 1.54) is 0 Å². The lowest BCUT2D eigenvalue weighted by Gasteiger charge is -2.32. The van der Waals surface area contributed by atoms with Gasteiger partial charge in [-0.3, -0.25) is 0 Å². The van der Waals surface area contributed by atoms with Gasteiger partial charge in [-0.2, -0.15) is 4.39 Å². The molecule has 18 heavy (non-hydrogen) atoms. The van der Waals surface area contributed by atoms with E-state index in [9.17, 15) is 4.39 Å². The Bertz CT molecular complexity index is 477. The van der Waals surface area contributed by atoms with Gasteiger partial charge in [0.15, 0.2) is 0 Å². The molecule has 0 amide bonds. The summed E-state index contributed by atoms with van der Waals surface area (Å²) in [6.45, 7) is 9.67. The highest BCUT2D eigenvalue weighted by molar-refractivity contribution is 9.10. The third-order valence-electron chi connectivity index (χ3n) is 3.67. The van der Waals surface area contributed by atoms with Gasteiger partial charge in [-0.15, -0.1) is 0 Å². The molecule has 3 nitrogen and oxygen atoms in total. The van der Waals surface area contributed by atoms with Crippen LogP contribution >= 0.6 is 15.9 Å². The summed E-state index contributed by atoms with van der Waals surface area (Å²) >= 11 is 3.14. The second-order valence-electron chi connectivity index (χ2n) is 5.52. The minimum Gasteiger partial charge on any atom is -0.399 e. The first-order chi connectivity index (χ1) is 8.14. The van der Waals surface area contributed by atoms with Crippen LogP contribution in [0.15, 0.2) is 10.5 Å². The van der Waals surface area contributed by atoms with Crippen LogP contribution in [0.5, 0.6) is 0 Å². The van der Waals surface area contributed by atoms with Crippen molar-refractivity contribution < 1.29 is 13.7 Å². The average molecular weight is 316 g/mol. The molecule has 0 bridgehead atoms. The van der Waals surface area contributed by atoms with Gasteiger partial charge in [0, 0.05) is 11.2 Å². The second kappa shape index (κ2) is 4.29. The largest absolute Gasteiger partial charge is 0.496 e. The smallest absolute Gasteiger partial charge is 0.399 e. The molecule has 0 spiro atoms. The maximum Gasteiger partial charge on any atom is 0.496 e. The van der Waals surface area contributed by atoms with Gasteiger partial charge in [0.05, 0.1) is 15.7 Å². The second-order valence-corrected chi connectivity index (χ2v) is 6.38. The zero-order chi connectivity index (χ0) is 13.7. The summed E-state index contributed by atoms with van der Waals surface area (Å²) in [5, 5.41) is 0. The molecular weight excluding hydrogens is 300 g/mol. The molecule has 2 rings (SSSR count). The van der Waals surface area contributed by atoms with Gasteiger partial charge in [0.2, 0.25) is 5.95 Å². The van der Waals surface area contributed by atoms with E-state index in [-0.39, 0.29) is 0 Å². The van der Waals surface area contributed by atoms with Crippen molar-refractivity contribution in [1.29, 1.82) is 0 Å². The molecule has 0 unspecified atom stereocenters. The molecular formula is C12H16BBrFNO2. The highest BCUT2D eigenvalue weighted by atomic mass is 79.9. The first kappa shape index (κ1) is 14.0. The van der Waals surface area contributed by atoms with Gasteiger partial charge in [-0.25, -0.2) is 4.98 Å². The SMILES string of the molecule is Cc1nc(F)c(Br)cc1B1OC(C)(C)C(C)(C)O1. The van der Waals surface area contributed by atoms with Crippen molar-refractivity contribution >= 4 is 28.5 Å². The summed E-state index contributed by atoms with van der Waals surface area (Å²) in [6, 6.07) is 1.67. The van der Waals surface area contributed by atoms with Crippen molar-refractivity contribution in [3.8, 4) is 0 Å². The number of hydrogen-bond donors (Lipinski definition) is 0. The highest BCUT2D eigenvalue weighted by Crippen LogP contribution is 2.36. The van der Waals surface area contributed by atoms with E-state index in [1.807, 2.05) is 27.7 Å².